The fourth-order valence-corrected chi connectivity index (χ4v) is 1.68. The highest BCUT2D eigenvalue weighted by atomic mass is 79.9. The van der Waals surface area contributed by atoms with Crippen LogP contribution in [-0.2, 0) is 0 Å². The van der Waals surface area contributed by atoms with E-state index in [4.69, 9.17) is 10.00 Å². The molecule has 2 rings (SSSR count). The molecule has 3 heteroatoms. The number of hydrogen-bond acceptors (Lipinski definition) is 2. The maximum atomic E-state index is 8.75. The summed E-state index contributed by atoms with van der Waals surface area (Å²) in [6.07, 6.45) is 2.55. The molecule has 2 nitrogen and oxygen atoms in total. The van der Waals surface area contributed by atoms with E-state index in [9.17, 15) is 0 Å². The lowest BCUT2D eigenvalue weighted by atomic mass is 10.2. The van der Waals surface area contributed by atoms with Crippen LogP contribution in [0, 0.1) is 17.2 Å². The summed E-state index contributed by atoms with van der Waals surface area (Å²) < 4.78 is 6.46. The summed E-state index contributed by atoms with van der Waals surface area (Å²) in [5.74, 6) is 1.52. The Morgan fingerprint density at radius 2 is 2.21 bits per heavy atom. The minimum Gasteiger partial charge on any atom is -0.493 e. The second kappa shape index (κ2) is 4.02. The minimum atomic E-state index is 0.630. The van der Waals surface area contributed by atoms with Gasteiger partial charge >= 0.3 is 0 Å². The third kappa shape index (κ3) is 2.49. The number of benzene rings is 1. The quantitative estimate of drug-likeness (QED) is 0.827. The van der Waals surface area contributed by atoms with Crippen molar-refractivity contribution in [3.05, 3.63) is 28.2 Å². The Labute approximate surface area is 91.6 Å². The monoisotopic (exact) mass is 251 g/mol. The molecule has 72 valence electrons. The van der Waals surface area contributed by atoms with Crippen LogP contribution in [0.5, 0.6) is 5.75 Å². The van der Waals surface area contributed by atoms with Gasteiger partial charge in [-0.1, -0.05) is 15.9 Å². The van der Waals surface area contributed by atoms with Gasteiger partial charge < -0.3 is 4.74 Å². The first-order valence-corrected chi connectivity index (χ1v) is 5.41. The van der Waals surface area contributed by atoms with Crippen molar-refractivity contribution in [1.82, 2.24) is 0 Å². The van der Waals surface area contributed by atoms with Gasteiger partial charge in [0.1, 0.15) is 5.75 Å². The molecule has 0 saturated heterocycles. The molecule has 0 spiro atoms. The Bertz CT molecular complexity index is 379. The van der Waals surface area contributed by atoms with Crippen LogP contribution in [0.2, 0.25) is 0 Å². The maximum Gasteiger partial charge on any atom is 0.121 e. The van der Waals surface area contributed by atoms with Crippen molar-refractivity contribution in [2.75, 3.05) is 6.61 Å². The molecule has 0 unspecified atom stereocenters. The van der Waals surface area contributed by atoms with E-state index in [0.29, 0.717) is 5.56 Å². The lowest BCUT2D eigenvalue weighted by Gasteiger charge is -2.05. The first-order chi connectivity index (χ1) is 6.78. The summed E-state index contributed by atoms with van der Waals surface area (Å²) in [6.45, 7) is 0.779. The van der Waals surface area contributed by atoms with Crippen LogP contribution in [0.1, 0.15) is 18.4 Å². The Balaban J connectivity index is 2.07. The predicted octanol–water partition coefficient (Wildman–Crippen LogP) is 3.11. The zero-order chi connectivity index (χ0) is 9.97. The number of hydrogen-bond donors (Lipinski definition) is 0. The Kier molecular flexibility index (Phi) is 2.74. The van der Waals surface area contributed by atoms with Gasteiger partial charge in [-0.05, 0) is 37.0 Å². The van der Waals surface area contributed by atoms with Crippen molar-refractivity contribution in [3.63, 3.8) is 0 Å². The van der Waals surface area contributed by atoms with Crippen LogP contribution >= 0.6 is 15.9 Å². The number of ether oxygens (including phenoxy) is 1. The molecule has 0 aromatic heterocycles. The minimum absolute atomic E-state index is 0.630. The van der Waals surface area contributed by atoms with Crippen molar-refractivity contribution in [3.8, 4) is 11.8 Å². The van der Waals surface area contributed by atoms with E-state index in [1.54, 1.807) is 12.1 Å². The highest BCUT2D eigenvalue weighted by molar-refractivity contribution is 9.10. The van der Waals surface area contributed by atoms with Crippen molar-refractivity contribution >= 4 is 15.9 Å². The molecule has 1 aliphatic carbocycles. The van der Waals surface area contributed by atoms with Gasteiger partial charge in [0.15, 0.2) is 0 Å². The summed E-state index contributed by atoms with van der Waals surface area (Å²) in [5.41, 5.74) is 0.630. The second-order valence-electron chi connectivity index (χ2n) is 3.54. The zero-order valence-electron chi connectivity index (χ0n) is 7.66. The summed E-state index contributed by atoms with van der Waals surface area (Å²) >= 11 is 3.35. The molecule has 0 atom stereocenters. The predicted molar refractivity (Wildman–Crippen MR) is 57.1 cm³/mol. The largest absolute Gasteiger partial charge is 0.493 e. The van der Waals surface area contributed by atoms with Crippen LogP contribution in [0.3, 0.4) is 0 Å². The van der Waals surface area contributed by atoms with E-state index in [2.05, 4.69) is 22.0 Å². The van der Waals surface area contributed by atoms with E-state index in [1.807, 2.05) is 6.07 Å². The van der Waals surface area contributed by atoms with Crippen LogP contribution in [0.25, 0.3) is 0 Å². The maximum absolute atomic E-state index is 8.75. The average Bonchev–Trinajstić information content (AvgIpc) is 2.97. The van der Waals surface area contributed by atoms with Crippen molar-refractivity contribution in [2.24, 2.45) is 5.92 Å². The molecular formula is C11H10BrNO. The summed E-state index contributed by atoms with van der Waals surface area (Å²) in [6, 6.07) is 7.55. The third-order valence-electron chi connectivity index (χ3n) is 2.18. The van der Waals surface area contributed by atoms with Crippen LogP contribution in [0.15, 0.2) is 22.7 Å². The molecule has 1 fully saturated rings. The third-order valence-corrected chi connectivity index (χ3v) is 2.64. The normalized spacial score (nSPS) is 14.9. The van der Waals surface area contributed by atoms with Gasteiger partial charge in [-0.3, -0.25) is 0 Å². The molecule has 0 heterocycles. The highest BCUT2D eigenvalue weighted by Gasteiger charge is 2.21. The van der Waals surface area contributed by atoms with E-state index >= 15 is 0 Å². The average molecular weight is 252 g/mol. The van der Waals surface area contributed by atoms with Gasteiger partial charge in [-0.15, -0.1) is 0 Å². The molecule has 1 aromatic carbocycles. The SMILES string of the molecule is N#Cc1cc(Br)cc(OCC2CC2)c1. The lowest BCUT2D eigenvalue weighted by molar-refractivity contribution is 0.299. The first-order valence-electron chi connectivity index (χ1n) is 4.61. The molecule has 14 heavy (non-hydrogen) atoms. The summed E-state index contributed by atoms with van der Waals surface area (Å²) in [7, 11) is 0. The van der Waals surface area contributed by atoms with Gasteiger partial charge in [0, 0.05) is 4.47 Å². The first kappa shape index (κ1) is 9.54. The molecule has 0 radical (unpaired) electrons. The van der Waals surface area contributed by atoms with Crippen LogP contribution in [-0.4, -0.2) is 6.61 Å². The van der Waals surface area contributed by atoms with Gasteiger partial charge in [-0.2, -0.15) is 5.26 Å². The van der Waals surface area contributed by atoms with Gasteiger partial charge in [0.05, 0.1) is 18.2 Å². The van der Waals surface area contributed by atoms with Gasteiger partial charge in [-0.25, -0.2) is 0 Å². The standard InChI is InChI=1S/C11H10BrNO/c12-10-3-9(6-13)4-11(5-10)14-7-8-1-2-8/h3-5,8H,1-2,7H2. The molecule has 1 aromatic rings. The van der Waals surface area contributed by atoms with Crippen molar-refractivity contribution in [2.45, 2.75) is 12.8 Å². The zero-order valence-corrected chi connectivity index (χ0v) is 9.25. The second-order valence-corrected chi connectivity index (χ2v) is 4.46. The molecular weight excluding hydrogens is 242 g/mol. The lowest BCUT2D eigenvalue weighted by Crippen LogP contribution is -1.99. The summed E-state index contributed by atoms with van der Waals surface area (Å²) in [4.78, 5) is 0. The fourth-order valence-electron chi connectivity index (χ4n) is 1.21. The van der Waals surface area contributed by atoms with Gasteiger partial charge in [0.25, 0.3) is 0 Å². The molecule has 0 N–H and O–H groups in total. The van der Waals surface area contributed by atoms with Crippen molar-refractivity contribution < 1.29 is 4.74 Å². The van der Waals surface area contributed by atoms with Crippen LogP contribution in [0.4, 0.5) is 0 Å². The van der Waals surface area contributed by atoms with Gasteiger partial charge in [0.2, 0.25) is 0 Å². The Morgan fingerprint density at radius 1 is 1.43 bits per heavy atom. The van der Waals surface area contributed by atoms with Crippen molar-refractivity contribution in [1.29, 1.82) is 5.26 Å². The Morgan fingerprint density at radius 3 is 2.86 bits per heavy atom. The topological polar surface area (TPSA) is 33.0 Å². The molecule has 1 aliphatic rings. The number of halogens is 1. The number of rotatable bonds is 3. The summed E-state index contributed by atoms with van der Waals surface area (Å²) in [5, 5.41) is 8.75. The molecule has 1 saturated carbocycles. The van der Waals surface area contributed by atoms with E-state index in [-0.39, 0.29) is 0 Å². The number of nitrogens with zero attached hydrogens (tertiary/aromatic N) is 1. The molecule has 0 amide bonds. The highest BCUT2D eigenvalue weighted by Crippen LogP contribution is 2.30. The molecule has 0 bridgehead atoms. The van der Waals surface area contributed by atoms with E-state index < -0.39 is 0 Å². The van der Waals surface area contributed by atoms with E-state index in [0.717, 1.165) is 22.7 Å². The smallest absolute Gasteiger partial charge is 0.121 e. The van der Waals surface area contributed by atoms with E-state index in [1.165, 1.54) is 12.8 Å². The fraction of sp³-hybridized carbons (Fsp3) is 0.364. The number of nitriles is 1. The Hall–Kier alpha value is -1.01. The van der Waals surface area contributed by atoms with Crippen LogP contribution < -0.4 is 4.74 Å². The molecule has 0 aliphatic heterocycles.